The topological polar surface area (TPSA) is 62.6 Å². The number of piperazine rings is 1. The van der Waals surface area contributed by atoms with Crippen LogP contribution in [0.3, 0.4) is 0 Å². The Morgan fingerprint density at radius 3 is 2.77 bits per heavy atom. The zero-order chi connectivity index (χ0) is 18.5. The Kier molecular flexibility index (Phi) is 6.00. The van der Waals surface area contributed by atoms with Crippen LogP contribution in [0.2, 0.25) is 5.02 Å². The lowest BCUT2D eigenvalue weighted by Crippen LogP contribution is -2.49. The third-order valence-electron chi connectivity index (χ3n) is 4.58. The molecule has 2 aromatic rings. The number of ether oxygens (including phenoxy) is 1. The van der Waals surface area contributed by atoms with E-state index in [9.17, 15) is 4.79 Å². The van der Waals surface area contributed by atoms with Crippen molar-refractivity contribution in [3.8, 4) is 5.75 Å². The number of rotatable bonds is 6. The molecule has 1 saturated heterocycles. The van der Waals surface area contributed by atoms with E-state index >= 15 is 0 Å². The van der Waals surface area contributed by atoms with E-state index in [0.29, 0.717) is 10.7 Å². The summed E-state index contributed by atoms with van der Waals surface area (Å²) in [6.07, 6.45) is 1.53. The lowest BCUT2D eigenvalue weighted by molar-refractivity contribution is 0.267. The number of nitrogens with zero attached hydrogens (tertiary/aromatic N) is 4. The summed E-state index contributed by atoms with van der Waals surface area (Å²) in [5, 5.41) is 7.78. The predicted molar refractivity (Wildman–Crippen MR) is 105 cm³/mol. The molecule has 0 atom stereocenters. The van der Waals surface area contributed by atoms with Gasteiger partial charge in [-0.2, -0.15) is 5.10 Å². The summed E-state index contributed by atoms with van der Waals surface area (Å²) >= 11 is 6.20. The maximum atomic E-state index is 12.3. The summed E-state index contributed by atoms with van der Waals surface area (Å²) in [6.45, 7) is 5.12. The van der Waals surface area contributed by atoms with Crippen LogP contribution in [0, 0.1) is 0 Å². The molecule has 1 fully saturated rings. The van der Waals surface area contributed by atoms with E-state index in [1.165, 1.54) is 10.9 Å². The van der Waals surface area contributed by atoms with E-state index < -0.39 is 0 Å². The fourth-order valence-electron chi connectivity index (χ4n) is 3.08. The highest BCUT2D eigenvalue weighted by molar-refractivity contribution is 6.33. The Hall–Kier alpha value is -2.25. The third-order valence-corrected chi connectivity index (χ3v) is 4.86. The van der Waals surface area contributed by atoms with Gasteiger partial charge in [0.1, 0.15) is 11.4 Å². The molecule has 0 radical (unpaired) electrons. The number of methoxy groups -OCH3 is 1. The van der Waals surface area contributed by atoms with Crippen molar-refractivity contribution in [1.29, 1.82) is 0 Å². The van der Waals surface area contributed by atoms with Gasteiger partial charge in [0.15, 0.2) is 0 Å². The summed E-state index contributed by atoms with van der Waals surface area (Å²) in [5.74, 6) is 0.847. The zero-order valence-corrected chi connectivity index (χ0v) is 15.9. The molecule has 0 unspecified atom stereocenters. The molecule has 26 heavy (non-hydrogen) atoms. The van der Waals surface area contributed by atoms with Crippen molar-refractivity contribution in [3.05, 3.63) is 45.8 Å². The maximum absolute atomic E-state index is 12.3. The smallest absolute Gasteiger partial charge is 0.291 e. The van der Waals surface area contributed by atoms with Crippen molar-refractivity contribution < 1.29 is 4.74 Å². The van der Waals surface area contributed by atoms with Gasteiger partial charge in [-0.05, 0) is 12.1 Å². The Morgan fingerprint density at radius 1 is 1.27 bits per heavy atom. The minimum atomic E-state index is -0.148. The molecule has 7 nitrogen and oxygen atoms in total. The van der Waals surface area contributed by atoms with E-state index in [4.69, 9.17) is 16.3 Å². The van der Waals surface area contributed by atoms with Gasteiger partial charge in [0.25, 0.3) is 5.56 Å². The number of aryl methyl sites for hydroxylation is 1. The Bertz CT molecular complexity index is 802. The summed E-state index contributed by atoms with van der Waals surface area (Å²) in [6, 6.07) is 7.92. The molecule has 1 aliphatic rings. The average Bonchev–Trinajstić information content (AvgIpc) is 2.66. The summed E-state index contributed by atoms with van der Waals surface area (Å²) in [4.78, 5) is 16.7. The largest absolute Gasteiger partial charge is 0.497 e. The molecule has 1 aliphatic heterocycles. The third kappa shape index (κ3) is 4.28. The van der Waals surface area contributed by atoms with Crippen LogP contribution < -0.4 is 20.5 Å². The molecular weight excluding hydrogens is 354 g/mol. The second-order valence-electron chi connectivity index (χ2n) is 6.26. The predicted octanol–water partition coefficient (Wildman–Crippen LogP) is 1.68. The van der Waals surface area contributed by atoms with Crippen molar-refractivity contribution >= 4 is 23.0 Å². The SMILES string of the molecule is COc1cccc(NCCN2CCN(c3c(Cl)cnn(C)c3=O)CC2)c1. The highest BCUT2D eigenvalue weighted by Gasteiger charge is 2.21. The minimum absolute atomic E-state index is 0.148. The molecule has 8 heteroatoms. The number of aromatic nitrogens is 2. The molecule has 0 amide bonds. The molecular formula is C18H24ClN5O2. The average molecular weight is 378 g/mol. The first-order chi connectivity index (χ1) is 12.6. The van der Waals surface area contributed by atoms with Crippen LogP contribution in [0.25, 0.3) is 0 Å². The van der Waals surface area contributed by atoms with Gasteiger partial charge in [0.05, 0.1) is 18.3 Å². The van der Waals surface area contributed by atoms with Crippen LogP contribution in [0.1, 0.15) is 0 Å². The van der Waals surface area contributed by atoms with Crippen LogP contribution in [-0.2, 0) is 7.05 Å². The van der Waals surface area contributed by atoms with E-state index in [2.05, 4.69) is 20.2 Å². The van der Waals surface area contributed by atoms with E-state index in [1.807, 2.05) is 24.3 Å². The Morgan fingerprint density at radius 2 is 2.04 bits per heavy atom. The van der Waals surface area contributed by atoms with Crippen LogP contribution in [-0.4, -0.2) is 61.1 Å². The highest BCUT2D eigenvalue weighted by atomic mass is 35.5. The highest BCUT2D eigenvalue weighted by Crippen LogP contribution is 2.21. The van der Waals surface area contributed by atoms with E-state index in [-0.39, 0.29) is 5.56 Å². The van der Waals surface area contributed by atoms with Gasteiger partial charge in [-0.1, -0.05) is 17.7 Å². The van der Waals surface area contributed by atoms with Gasteiger partial charge in [0, 0.05) is 58.1 Å². The molecule has 0 spiro atoms. The summed E-state index contributed by atoms with van der Waals surface area (Å²) in [7, 11) is 3.31. The number of anilines is 2. The molecule has 3 rings (SSSR count). The molecule has 1 N–H and O–H groups in total. The van der Waals surface area contributed by atoms with Gasteiger partial charge < -0.3 is 15.0 Å². The molecule has 0 aliphatic carbocycles. The van der Waals surface area contributed by atoms with Crippen LogP contribution in [0.5, 0.6) is 5.75 Å². The number of hydrogen-bond donors (Lipinski definition) is 1. The second kappa shape index (κ2) is 8.42. The van der Waals surface area contributed by atoms with Crippen LogP contribution >= 0.6 is 11.6 Å². The van der Waals surface area contributed by atoms with Crippen molar-refractivity contribution in [1.82, 2.24) is 14.7 Å². The van der Waals surface area contributed by atoms with Crippen molar-refractivity contribution in [2.24, 2.45) is 7.05 Å². The van der Waals surface area contributed by atoms with E-state index in [1.54, 1.807) is 14.2 Å². The lowest BCUT2D eigenvalue weighted by Gasteiger charge is -2.36. The first kappa shape index (κ1) is 18.5. The summed E-state index contributed by atoms with van der Waals surface area (Å²) in [5.41, 5.74) is 1.46. The fraction of sp³-hybridized carbons (Fsp3) is 0.444. The standard InChI is InChI=1S/C18H24ClN5O2/c1-22-18(25)17(16(19)13-21-22)24-10-8-23(9-11-24)7-6-20-14-4-3-5-15(12-14)26-2/h3-5,12-13,20H,6-11H2,1-2H3. The normalized spacial score (nSPS) is 15.1. The van der Waals surface area contributed by atoms with Gasteiger partial charge in [-0.15, -0.1) is 0 Å². The molecule has 0 saturated carbocycles. The second-order valence-corrected chi connectivity index (χ2v) is 6.66. The van der Waals surface area contributed by atoms with Gasteiger partial charge >= 0.3 is 0 Å². The Labute approximate surface area is 158 Å². The minimum Gasteiger partial charge on any atom is -0.497 e. The maximum Gasteiger partial charge on any atom is 0.291 e. The van der Waals surface area contributed by atoms with Gasteiger partial charge in [-0.25, -0.2) is 4.68 Å². The van der Waals surface area contributed by atoms with Gasteiger partial charge in [-0.3, -0.25) is 9.69 Å². The zero-order valence-electron chi connectivity index (χ0n) is 15.1. The summed E-state index contributed by atoms with van der Waals surface area (Å²) < 4.78 is 6.56. The molecule has 0 bridgehead atoms. The number of halogens is 1. The first-order valence-corrected chi connectivity index (χ1v) is 9.03. The molecule has 2 heterocycles. The van der Waals surface area contributed by atoms with Crippen LogP contribution in [0.15, 0.2) is 35.3 Å². The molecule has 140 valence electrons. The monoisotopic (exact) mass is 377 g/mol. The van der Waals surface area contributed by atoms with Crippen molar-refractivity contribution in [2.75, 3.05) is 56.6 Å². The van der Waals surface area contributed by atoms with Gasteiger partial charge in [0.2, 0.25) is 0 Å². The number of nitrogens with one attached hydrogen (secondary N) is 1. The lowest BCUT2D eigenvalue weighted by atomic mass is 10.2. The molecule has 1 aromatic carbocycles. The van der Waals surface area contributed by atoms with Crippen molar-refractivity contribution in [2.45, 2.75) is 0 Å². The fourth-order valence-corrected chi connectivity index (χ4v) is 3.32. The quantitative estimate of drug-likeness (QED) is 0.826. The van der Waals surface area contributed by atoms with Crippen LogP contribution in [0.4, 0.5) is 11.4 Å². The number of benzene rings is 1. The Balaban J connectivity index is 1.50. The molecule has 1 aromatic heterocycles. The number of hydrogen-bond acceptors (Lipinski definition) is 6. The van der Waals surface area contributed by atoms with Crippen molar-refractivity contribution in [3.63, 3.8) is 0 Å². The first-order valence-electron chi connectivity index (χ1n) is 8.65. The van der Waals surface area contributed by atoms with E-state index in [0.717, 1.165) is 50.7 Å².